The Labute approximate surface area is 207 Å². The van der Waals surface area contributed by atoms with Crippen molar-refractivity contribution in [3.05, 3.63) is 41.6 Å². The van der Waals surface area contributed by atoms with Crippen molar-refractivity contribution in [2.24, 2.45) is 7.05 Å². The van der Waals surface area contributed by atoms with E-state index in [2.05, 4.69) is 31.5 Å². The van der Waals surface area contributed by atoms with Crippen molar-refractivity contribution in [3.63, 3.8) is 0 Å². The molecule has 3 heterocycles. The van der Waals surface area contributed by atoms with E-state index in [1.807, 2.05) is 55.9 Å². The quantitative estimate of drug-likeness (QED) is 0.256. The molecule has 0 bridgehead atoms. The summed E-state index contributed by atoms with van der Waals surface area (Å²) in [5.74, 6) is 0.572. The Morgan fingerprint density at radius 2 is 2.12 bits per heavy atom. The number of nitrogens with zero attached hydrogens (tertiary/aromatic N) is 5. The maximum Gasteiger partial charge on any atom is 0.248 e. The number of carbonyl (C=O) groups excluding carboxylic acids is 1. The number of amides is 1. The summed E-state index contributed by atoms with van der Waals surface area (Å²) in [6, 6.07) is 7.82. The van der Waals surface area contributed by atoms with Gasteiger partial charge in [0.2, 0.25) is 5.91 Å². The SMILES string of the molecule is Cc1cccc(NC(=S)NNC(=O)CSc2nnc(-c3ccn(C)n3)n2C[C@H]2CCCO2)c1C. The number of carbonyl (C=O) groups is 1. The number of ether oxygens (including phenoxy) is 1. The lowest BCUT2D eigenvalue weighted by molar-refractivity contribution is -0.119. The van der Waals surface area contributed by atoms with Crippen LogP contribution in [-0.4, -0.2) is 54.0 Å². The number of hydrazine groups is 1. The van der Waals surface area contributed by atoms with Crippen LogP contribution in [0.4, 0.5) is 5.69 Å². The molecule has 1 aliphatic rings. The monoisotopic (exact) mass is 500 g/mol. The zero-order valence-corrected chi connectivity index (χ0v) is 21.0. The van der Waals surface area contributed by atoms with Crippen molar-refractivity contribution in [2.45, 2.75) is 44.5 Å². The molecule has 3 N–H and O–H groups in total. The molecular weight excluding hydrogens is 472 g/mol. The second-order valence-electron chi connectivity index (χ2n) is 8.09. The highest BCUT2D eigenvalue weighted by molar-refractivity contribution is 7.99. The summed E-state index contributed by atoms with van der Waals surface area (Å²) >= 11 is 6.61. The second kappa shape index (κ2) is 11.0. The smallest absolute Gasteiger partial charge is 0.248 e. The highest BCUT2D eigenvalue weighted by Gasteiger charge is 2.23. The minimum absolute atomic E-state index is 0.0989. The molecule has 1 atom stereocenters. The first-order chi connectivity index (χ1) is 16.4. The Bertz CT molecular complexity index is 1170. The fraction of sp³-hybridized carbons (Fsp3) is 0.409. The van der Waals surface area contributed by atoms with Gasteiger partial charge >= 0.3 is 0 Å². The first kappa shape index (κ1) is 24.2. The summed E-state index contributed by atoms with van der Waals surface area (Å²) in [6.45, 7) is 5.43. The van der Waals surface area contributed by atoms with Crippen LogP contribution in [0.5, 0.6) is 0 Å². The van der Waals surface area contributed by atoms with Crippen LogP contribution in [0.1, 0.15) is 24.0 Å². The number of rotatable bonds is 7. The number of hydrogen-bond donors (Lipinski definition) is 3. The topological polar surface area (TPSA) is 111 Å². The molecule has 4 rings (SSSR count). The van der Waals surface area contributed by atoms with Crippen molar-refractivity contribution in [3.8, 4) is 11.5 Å². The van der Waals surface area contributed by atoms with E-state index in [9.17, 15) is 4.79 Å². The van der Waals surface area contributed by atoms with Crippen LogP contribution in [0, 0.1) is 13.8 Å². The van der Waals surface area contributed by atoms with Gasteiger partial charge in [0.1, 0.15) is 5.69 Å². The van der Waals surface area contributed by atoms with Crippen molar-refractivity contribution in [1.82, 2.24) is 35.4 Å². The van der Waals surface area contributed by atoms with Gasteiger partial charge in [-0.3, -0.25) is 24.9 Å². The van der Waals surface area contributed by atoms with Crippen LogP contribution in [-0.2, 0) is 23.1 Å². The van der Waals surface area contributed by atoms with Crippen LogP contribution in [0.15, 0.2) is 35.6 Å². The van der Waals surface area contributed by atoms with Crippen molar-refractivity contribution < 1.29 is 9.53 Å². The minimum atomic E-state index is -0.235. The molecule has 0 spiro atoms. The van der Waals surface area contributed by atoms with E-state index in [0.29, 0.717) is 22.6 Å². The zero-order valence-electron chi connectivity index (χ0n) is 19.4. The average molecular weight is 501 g/mol. The number of aromatic nitrogens is 5. The molecule has 1 aromatic carbocycles. The Morgan fingerprint density at radius 3 is 2.85 bits per heavy atom. The molecule has 1 fully saturated rings. The molecule has 1 saturated heterocycles. The largest absolute Gasteiger partial charge is 0.376 e. The molecule has 34 heavy (non-hydrogen) atoms. The van der Waals surface area contributed by atoms with Crippen LogP contribution in [0.25, 0.3) is 11.5 Å². The molecule has 1 aliphatic heterocycles. The Hall–Kier alpha value is -2.96. The Balaban J connectivity index is 1.35. The van der Waals surface area contributed by atoms with E-state index in [1.54, 1.807) is 4.68 Å². The van der Waals surface area contributed by atoms with E-state index in [-0.39, 0.29) is 17.8 Å². The third-order valence-electron chi connectivity index (χ3n) is 5.57. The molecule has 3 aromatic rings. The second-order valence-corrected chi connectivity index (χ2v) is 9.44. The van der Waals surface area contributed by atoms with Gasteiger partial charge in [0.15, 0.2) is 16.1 Å². The average Bonchev–Trinajstić information content (AvgIpc) is 3.56. The zero-order chi connectivity index (χ0) is 24.1. The number of nitrogens with one attached hydrogen (secondary N) is 3. The number of aryl methyl sites for hydroxylation is 2. The number of thioether (sulfide) groups is 1. The summed E-state index contributed by atoms with van der Waals surface area (Å²) < 4.78 is 9.52. The molecule has 0 radical (unpaired) electrons. The third kappa shape index (κ3) is 5.93. The molecule has 1 amide bonds. The Morgan fingerprint density at radius 1 is 1.26 bits per heavy atom. The maximum absolute atomic E-state index is 12.5. The summed E-state index contributed by atoms with van der Waals surface area (Å²) in [6.07, 6.45) is 3.99. The lowest BCUT2D eigenvalue weighted by Gasteiger charge is -2.15. The number of anilines is 1. The molecule has 12 heteroatoms. The van der Waals surface area contributed by atoms with Crippen molar-refractivity contribution >= 4 is 40.7 Å². The number of thiocarbonyl (C=S) groups is 1. The first-order valence-corrected chi connectivity index (χ1v) is 12.4. The van der Waals surface area contributed by atoms with Crippen molar-refractivity contribution in [2.75, 3.05) is 17.7 Å². The third-order valence-corrected chi connectivity index (χ3v) is 6.74. The highest BCUT2D eigenvalue weighted by Crippen LogP contribution is 2.25. The normalized spacial score (nSPS) is 15.3. The van der Waals surface area contributed by atoms with E-state index >= 15 is 0 Å². The van der Waals surface area contributed by atoms with E-state index in [4.69, 9.17) is 17.0 Å². The molecule has 0 aliphatic carbocycles. The minimum Gasteiger partial charge on any atom is -0.376 e. The molecule has 2 aromatic heterocycles. The van der Waals surface area contributed by atoms with Crippen LogP contribution >= 0.6 is 24.0 Å². The standard InChI is InChI=1S/C22H28N8O2S2/c1-14-6-4-8-17(15(14)2)23-21(33)26-24-19(31)13-34-22-27-25-20(18-9-10-29(3)28-18)30(22)12-16-7-5-11-32-16/h4,6,8-10,16H,5,7,11-13H2,1-3H3,(H,24,31)(H2,23,26,33)/t16-/m1/s1. The fourth-order valence-electron chi connectivity index (χ4n) is 3.61. The molecule has 10 nitrogen and oxygen atoms in total. The van der Waals surface area contributed by atoms with E-state index in [0.717, 1.165) is 42.0 Å². The predicted molar refractivity (Wildman–Crippen MR) is 135 cm³/mol. The molecule has 0 saturated carbocycles. The lowest BCUT2D eigenvalue weighted by Crippen LogP contribution is -2.44. The van der Waals surface area contributed by atoms with Gasteiger partial charge in [-0.25, -0.2) is 0 Å². The summed E-state index contributed by atoms with van der Waals surface area (Å²) in [4.78, 5) is 12.5. The van der Waals surface area contributed by atoms with Gasteiger partial charge in [-0.15, -0.1) is 10.2 Å². The summed E-state index contributed by atoms with van der Waals surface area (Å²) in [5, 5.41) is 17.2. The lowest BCUT2D eigenvalue weighted by atomic mass is 10.1. The predicted octanol–water partition coefficient (Wildman–Crippen LogP) is 2.58. The van der Waals surface area contributed by atoms with Crippen molar-refractivity contribution in [1.29, 1.82) is 0 Å². The van der Waals surface area contributed by atoms with Crippen LogP contribution < -0.4 is 16.2 Å². The molecular formula is C22H28N8O2S2. The number of hydrogen-bond acceptors (Lipinski definition) is 7. The summed E-state index contributed by atoms with van der Waals surface area (Å²) in [7, 11) is 1.86. The van der Waals surface area contributed by atoms with Gasteiger partial charge < -0.3 is 10.1 Å². The van der Waals surface area contributed by atoms with Gasteiger partial charge in [-0.1, -0.05) is 23.9 Å². The van der Waals surface area contributed by atoms with Gasteiger partial charge in [-0.2, -0.15) is 5.10 Å². The van der Waals surface area contributed by atoms with Gasteiger partial charge in [-0.05, 0) is 62.2 Å². The van der Waals surface area contributed by atoms with E-state index in [1.165, 1.54) is 11.8 Å². The van der Waals surface area contributed by atoms with Gasteiger partial charge in [0, 0.05) is 25.5 Å². The molecule has 180 valence electrons. The Kier molecular flexibility index (Phi) is 7.80. The highest BCUT2D eigenvalue weighted by atomic mass is 32.2. The summed E-state index contributed by atoms with van der Waals surface area (Å²) in [5.41, 5.74) is 9.26. The fourth-order valence-corrected chi connectivity index (χ4v) is 4.52. The van der Waals surface area contributed by atoms with Gasteiger partial charge in [0.25, 0.3) is 0 Å². The first-order valence-electron chi connectivity index (χ1n) is 11.0. The van der Waals surface area contributed by atoms with Gasteiger partial charge in [0.05, 0.1) is 18.4 Å². The van der Waals surface area contributed by atoms with Crippen LogP contribution in [0.2, 0.25) is 0 Å². The number of benzene rings is 1. The van der Waals surface area contributed by atoms with Crippen LogP contribution in [0.3, 0.4) is 0 Å². The van der Waals surface area contributed by atoms with E-state index < -0.39 is 0 Å². The molecule has 0 unspecified atom stereocenters. The maximum atomic E-state index is 12.5.